The van der Waals surface area contributed by atoms with E-state index in [9.17, 15) is 9.18 Å². The molecule has 2 aromatic rings. The zero-order valence-electron chi connectivity index (χ0n) is 9.20. The number of aromatic nitrogens is 2. The molecule has 0 saturated carbocycles. The standard InChI is InChI=1S/C12H11FN2O2/c1-2-9-10(14-15-11(9)12(16)17)7-3-5-8(13)6-4-7/h3-6H,2H2,1H3,(H,14,15)(H,16,17). The van der Waals surface area contributed by atoms with Gasteiger partial charge in [-0.2, -0.15) is 5.10 Å². The molecule has 5 heteroatoms. The Morgan fingerprint density at radius 3 is 2.59 bits per heavy atom. The van der Waals surface area contributed by atoms with E-state index in [0.717, 1.165) is 0 Å². The zero-order valence-corrected chi connectivity index (χ0v) is 9.20. The van der Waals surface area contributed by atoms with Crippen LogP contribution in [0.2, 0.25) is 0 Å². The van der Waals surface area contributed by atoms with Gasteiger partial charge in [-0.15, -0.1) is 0 Å². The molecule has 2 N–H and O–H groups in total. The smallest absolute Gasteiger partial charge is 0.354 e. The summed E-state index contributed by atoms with van der Waals surface area (Å²) in [5, 5.41) is 15.4. The van der Waals surface area contributed by atoms with Crippen molar-refractivity contribution in [2.75, 3.05) is 0 Å². The number of nitrogens with zero attached hydrogens (tertiary/aromatic N) is 1. The normalized spacial score (nSPS) is 10.5. The predicted molar refractivity (Wildman–Crippen MR) is 60.3 cm³/mol. The Bertz CT molecular complexity index is 546. The van der Waals surface area contributed by atoms with Gasteiger partial charge in [0, 0.05) is 11.1 Å². The maximum Gasteiger partial charge on any atom is 0.354 e. The molecule has 0 saturated heterocycles. The van der Waals surface area contributed by atoms with Gasteiger partial charge in [0.25, 0.3) is 0 Å². The molecular formula is C12H11FN2O2. The zero-order chi connectivity index (χ0) is 12.4. The second-order valence-electron chi connectivity index (χ2n) is 3.59. The van der Waals surface area contributed by atoms with E-state index in [-0.39, 0.29) is 11.5 Å². The van der Waals surface area contributed by atoms with Gasteiger partial charge in [-0.05, 0) is 30.7 Å². The first-order valence-corrected chi connectivity index (χ1v) is 5.20. The number of rotatable bonds is 3. The Labute approximate surface area is 97.1 Å². The molecule has 0 aliphatic heterocycles. The van der Waals surface area contributed by atoms with Gasteiger partial charge in [-0.25, -0.2) is 9.18 Å². The molecule has 1 aromatic carbocycles. The topological polar surface area (TPSA) is 66.0 Å². The molecule has 0 atom stereocenters. The predicted octanol–water partition coefficient (Wildman–Crippen LogP) is 2.48. The quantitative estimate of drug-likeness (QED) is 0.857. The van der Waals surface area contributed by atoms with Crippen molar-refractivity contribution in [3.05, 3.63) is 41.3 Å². The number of carbonyl (C=O) groups is 1. The van der Waals surface area contributed by atoms with Gasteiger partial charge in [0.2, 0.25) is 0 Å². The fourth-order valence-corrected chi connectivity index (χ4v) is 1.73. The maximum absolute atomic E-state index is 12.8. The van der Waals surface area contributed by atoms with Gasteiger partial charge in [0.05, 0.1) is 5.69 Å². The van der Waals surface area contributed by atoms with Crippen LogP contribution in [0.3, 0.4) is 0 Å². The highest BCUT2D eigenvalue weighted by molar-refractivity contribution is 5.89. The molecule has 0 spiro atoms. The van der Waals surface area contributed by atoms with Crippen molar-refractivity contribution in [1.82, 2.24) is 10.2 Å². The van der Waals surface area contributed by atoms with Crippen LogP contribution in [0.15, 0.2) is 24.3 Å². The van der Waals surface area contributed by atoms with Gasteiger partial charge >= 0.3 is 5.97 Å². The minimum Gasteiger partial charge on any atom is -0.477 e. The summed E-state index contributed by atoms with van der Waals surface area (Å²) in [4.78, 5) is 10.9. The number of H-pyrrole nitrogens is 1. The van der Waals surface area contributed by atoms with Crippen LogP contribution >= 0.6 is 0 Å². The molecule has 0 aliphatic carbocycles. The number of aromatic amines is 1. The van der Waals surface area contributed by atoms with Crippen LogP contribution in [0.4, 0.5) is 4.39 Å². The summed E-state index contributed by atoms with van der Waals surface area (Å²) in [7, 11) is 0. The molecule has 0 unspecified atom stereocenters. The van der Waals surface area contributed by atoms with E-state index in [1.54, 1.807) is 12.1 Å². The highest BCUT2D eigenvalue weighted by atomic mass is 19.1. The van der Waals surface area contributed by atoms with Crippen LogP contribution in [0.1, 0.15) is 23.0 Å². The van der Waals surface area contributed by atoms with Crippen molar-refractivity contribution in [3.63, 3.8) is 0 Å². The third kappa shape index (κ3) is 2.04. The summed E-state index contributed by atoms with van der Waals surface area (Å²) in [6.07, 6.45) is 0.546. The number of hydrogen-bond acceptors (Lipinski definition) is 2. The Morgan fingerprint density at radius 2 is 2.06 bits per heavy atom. The van der Waals surface area contributed by atoms with Crippen molar-refractivity contribution in [2.24, 2.45) is 0 Å². The summed E-state index contributed by atoms with van der Waals surface area (Å²) >= 11 is 0. The molecule has 0 bridgehead atoms. The summed E-state index contributed by atoms with van der Waals surface area (Å²) < 4.78 is 12.8. The van der Waals surface area contributed by atoms with Crippen LogP contribution < -0.4 is 0 Å². The van der Waals surface area contributed by atoms with Crippen molar-refractivity contribution < 1.29 is 14.3 Å². The SMILES string of the molecule is CCc1c(-c2ccc(F)cc2)n[nH]c1C(=O)O. The fraction of sp³-hybridized carbons (Fsp3) is 0.167. The van der Waals surface area contributed by atoms with Crippen LogP contribution in [-0.4, -0.2) is 21.3 Å². The summed E-state index contributed by atoms with van der Waals surface area (Å²) in [5.74, 6) is -1.37. The average molecular weight is 234 g/mol. The molecule has 88 valence electrons. The first-order valence-electron chi connectivity index (χ1n) is 5.20. The van der Waals surface area contributed by atoms with Crippen LogP contribution in [-0.2, 0) is 6.42 Å². The molecule has 0 amide bonds. The van der Waals surface area contributed by atoms with Crippen LogP contribution in [0, 0.1) is 5.82 Å². The van der Waals surface area contributed by atoms with Gasteiger partial charge < -0.3 is 5.11 Å². The number of carboxylic acid groups (broad SMARTS) is 1. The summed E-state index contributed by atoms with van der Waals surface area (Å²) in [5.41, 5.74) is 1.98. The second-order valence-corrected chi connectivity index (χ2v) is 3.59. The summed E-state index contributed by atoms with van der Waals surface area (Å²) in [6, 6.07) is 5.81. The number of aromatic carboxylic acids is 1. The lowest BCUT2D eigenvalue weighted by molar-refractivity contribution is 0.0689. The summed E-state index contributed by atoms with van der Waals surface area (Å²) in [6.45, 7) is 1.85. The van der Waals surface area contributed by atoms with E-state index in [2.05, 4.69) is 10.2 Å². The molecular weight excluding hydrogens is 223 g/mol. The average Bonchev–Trinajstić information content (AvgIpc) is 2.73. The van der Waals surface area contributed by atoms with Crippen molar-refractivity contribution in [3.8, 4) is 11.3 Å². The van der Waals surface area contributed by atoms with Gasteiger partial charge in [-0.3, -0.25) is 5.10 Å². The molecule has 0 radical (unpaired) electrons. The Morgan fingerprint density at radius 1 is 1.41 bits per heavy atom. The number of carboxylic acids is 1. The molecule has 4 nitrogen and oxygen atoms in total. The van der Waals surface area contributed by atoms with E-state index in [4.69, 9.17) is 5.11 Å². The van der Waals surface area contributed by atoms with Crippen LogP contribution in [0.5, 0.6) is 0 Å². The van der Waals surface area contributed by atoms with Gasteiger partial charge in [0.1, 0.15) is 11.5 Å². The van der Waals surface area contributed by atoms with Gasteiger partial charge in [0.15, 0.2) is 0 Å². The highest BCUT2D eigenvalue weighted by Gasteiger charge is 2.17. The largest absolute Gasteiger partial charge is 0.477 e. The van der Waals surface area contributed by atoms with E-state index in [1.165, 1.54) is 12.1 Å². The molecule has 1 heterocycles. The first kappa shape index (κ1) is 11.3. The van der Waals surface area contributed by atoms with E-state index in [1.807, 2.05) is 6.92 Å². The van der Waals surface area contributed by atoms with E-state index in [0.29, 0.717) is 23.2 Å². The lowest BCUT2D eigenvalue weighted by Gasteiger charge is -2.00. The van der Waals surface area contributed by atoms with Crippen molar-refractivity contribution in [2.45, 2.75) is 13.3 Å². The molecule has 1 aromatic heterocycles. The number of benzene rings is 1. The monoisotopic (exact) mass is 234 g/mol. The third-order valence-corrected chi connectivity index (χ3v) is 2.55. The van der Waals surface area contributed by atoms with Crippen molar-refractivity contribution >= 4 is 5.97 Å². The lowest BCUT2D eigenvalue weighted by Crippen LogP contribution is -2.00. The number of halogens is 1. The van der Waals surface area contributed by atoms with Crippen LogP contribution in [0.25, 0.3) is 11.3 Å². The molecule has 2 rings (SSSR count). The molecule has 17 heavy (non-hydrogen) atoms. The number of hydrogen-bond donors (Lipinski definition) is 2. The minimum absolute atomic E-state index is 0.0897. The Kier molecular flexibility index (Phi) is 2.91. The highest BCUT2D eigenvalue weighted by Crippen LogP contribution is 2.24. The van der Waals surface area contributed by atoms with E-state index >= 15 is 0 Å². The van der Waals surface area contributed by atoms with Gasteiger partial charge in [-0.1, -0.05) is 6.92 Å². The third-order valence-electron chi connectivity index (χ3n) is 2.55. The second kappa shape index (κ2) is 4.37. The maximum atomic E-state index is 12.8. The molecule has 0 fully saturated rings. The Balaban J connectivity index is 2.52. The lowest BCUT2D eigenvalue weighted by atomic mass is 10.0. The van der Waals surface area contributed by atoms with Crippen molar-refractivity contribution in [1.29, 1.82) is 0 Å². The number of nitrogens with one attached hydrogen (secondary N) is 1. The minimum atomic E-state index is -1.04. The molecule has 0 aliphatic rings. The fourth-order valence-electron chi connectivity index (χ4n) is 1.73. The van der Waals surface area contributed by atoms with E-state index < -0.39 is 5.97 Å². The Hall–Kier alpha value is -2.17. The first-order chi connectivity index (χ1) is 8.13.